The van der Waals surface area contributed by atoms with Crippen LogP contribution >= 0.6 is 0 Å². The van der Waals surface area contributed by atoms with Crippen molar-refractivity contribution in [2.45, 2.75) is 56.9 Å². The predicted octanol–water partition coefficient (Wildman–Crippen LogP) is 5.48. The van der Waals surface area contributed by atoms with Gasteiger partial charge in [0.25, 0.3) is 0 Å². The molecule has 0 bridgehead atoms. The van der Waals surface area contributed by atoms with Gasteiger partial charge in [-0.1, -0.05) is 78.9 Å². The second-order valence-corrected chi connectivity index (χ2v) is 11.4. The van der Waals surface area contributed by atoms with E-state index in [2.05, 4.69) is 10.2 Å². The van der Waals surface area contributed by atoms with E-state index in [-0.39, 0.29) is 32.6 Å². The molecule has 2 heterocycles. The first-order valence-corrected chi connectivity index (χ1v) is 14.9. The molecule has 1 fully saturated rings. The Balaban J connectivity index is 1.57. The lowest BCUT2D eigenvalue weighted by Crippen LogP contribution is -2.66. The van der Waals surface area contributed by atoms with E-state index in [1.54, 1.807) is 19.1 Å². The van der Waals surface area contributed by atoms with Gasteiger partial charge >= 0.3 is 17.8 Å². The normalized spacial score (nSPS) is 20.2. The number of H-pyrrole nitrogens is 1. The predicted molar refractivity (Wildman–Crippen MR) is 164 cm³/mol. The third kappa shape index (κ3) is 6.43. The van der Waals surface area contributed by atoms with Crippen LogP contribution in [-0.2, 0) is 50.0 Å². The number of alkyl halides is 2. The summed E-state index contributed by atoms with van der Waals surface area (Å²) >= 11 is 0. The number of carbonyl (C=O) groups is 2. The monoisotopic (exact) mass is 634 g/mol. The molecule has 5 rings (SSSR count). The SMILES string of the molecule is COC(=O)[C@]1(n2cn[nH]c2=O)CC[C@@](CO[C@H](C)c2cc(CF)cc(CF)c2)(c2ccccc2)N(C(=O)OCc2ccccc2)C1. The second kappa shape index (κ2) is 14.1. The van der Waals surface area contributed by atoms with Gasteiger partial charge in [0.15, 0.2) is 5.54 Å². The number of nitrogens with one attached hydrogen (secondary N) is 1. The van der Waals surface area contributed by atoms with E-state index in [1.807, 2.05) is 60.7 Å². The van der Waals surface area contributed by atoms with Crippen LogP contribution < -0.4 is 5.69 Å². The fraction of sp³-hybridized carbons (Fsp3) is 0.353. The number of likely N-dealkylation sites (tertiary alicyclic amines) is 1. The van der Waals surface area contributed by atoms with Gasteiger partial charge in [0.2, 0.25) is 0 Å². The zero-order chi connectivity index (χ0) is 32.7. The summed E-state index contributed by atoms with van der Waals surface area (Å²) in [6, 6.07) is 23.1. The van der Waals surface area contributed by atoms with Crippen LogP contribution in [0.2, 0.25) is 0 Å². The summed E-state index contributed by atoms with van der Waals surface area (Å²) in [7, 11) is 1.22. The number of amides is 1. The average Bonchev–Trinajstić information content (AvgIpc) is 3.55. The Bertz CT molecular complexity index is 1680. The molecule has 0 radical (unpaired) electrons. The van der Waals surface area contributed by atoms with Crippen molar-refractivity contribution < 1.29 is 32.6 Å². The first-order chi connectivity index (χ1) is 22.3. The number of aromatic amines is 1. The minimum atomic E-state index is -1.63. The van der Waals surface area contributed by atoms with E-state index in [0.29, 0.717) is 22.3 Å². The summed E-state index contributed by atoms with van der Waals surface area (Å²) in [5.74, 6) is -0.727. The van der Waals surface area contributed by atoms with Crippen LogP contribution in [0, 0.1) is 0 Å². The molecule has 3 atom stereocenters. The lowest BCUT2D eigenvalue weighted by Gasteiger charge is -2.52. The van der Waals surface area contributed by atoms with Crippen molar-refractivity contribution in [2.24, 2.45) is 0 Å². The summed E-state index contributed by atoms with van der Waals surface area (Å²) in [4.78, 5) is 42.0. The molecule has 0 spiro atoms. The molecule has 1 saturated heterocycles. The minimum absolute atomic E-state index is 0.0444. The van der Waals surface area contributed by atoms with Crippen LogP contribution in [0.5, 0.6) is 0 Å². The molecule has 10 nitrogen and oxygen atoms in total. The van der Waals surface area contributed by atoms with Crippen LogP contribution in [0.15, 0.2) is 90.0 Å². The van der Waals surface area contributed by atoms with Crippen LogP contribution in [0.25, 0.3) is 0 Å². The fourth-order valence-corrected chi connectivity index (χ4v) is 6.10. The van der Waals surface area contributed by atoms with Gasteiger partial charge in [0.05, 0.1) is 31.9 Å². The molecule has 242 valence electrons. The number of carbonyl (C=O) groups excluding carboxylic acids is 2. The van der Waals surface area contributed by atoms with Gasteiger partial charge in [-0.3, -0.25) is 9.47 Å². The molecule has 12 heteroatoms. The number of benzene rings is 3. The summed E-state index contributed by atoms with van der Waals surface area (Å²) in [6.07, 6.45) is 0.0755. The Labute approximate surface area is 264 Å². The number of ether oxygens (including phenoxy) is 3. The molecule has 0 aliphatic carbocycles. The standard InChI is InChI=1S/C34H36F2N4O6/c1-24(28-16-26(18-35)15-27(17-28)19-36)46-22-34(29-11-7-4-8-12-29)14-13-33(30(41)44-2,40-23-37-38-31(40)42)21-39(34)32(43)45-20-25-9-5-3-6-10-25/h3-12,15-17,23-24H,13-14,18-22H2,1-2H3,(H,38,42)/t24-,33+,34-/m1/s1. The van der Waals surface area contributed by atoms with Crippen LogP contribution in [0.1, 0.15) is 53.7 Å². The number of halogens is 2. The van der Waals surface area contributed by atoms with Gasteiger partial charge in [-0.15, -0.1) is 0 Å². The zero-order valence-electron chi connectivity index (χ0n) is 25.7. The van der Waals surface area contributed by atoms with Crippen molar-refractivity contribution in [1.29, 1.82) is 0 Å². The molecule has 1 amide bonds. The lowest BCUT2D eigenvalue weighted by atomic mass is 9.74. The number of nitrogens with zero attached hydrogens (tertiary/aromatic N) is 3. The molecular formula is C34H36F2N4O6. The molecule has 1 aliphatic heterocycles. The Morgan fingerprint density at radius 3 is 2.20 bits per heavy atom. The van der Waals surface area contributed by atoms with Crippen molar-refractivity contribution in [3.05, 3.63) is 123 Å². The Hall–Kier alpha value is -4.84. The highest BCUT2D eigenvalue weighted by atomic mass is 19.1. The van der Waals surface area contributed by atoms with Crippen LogP contribution in [-0.4, -0.2) is 52.0 Å². The molecular weight excluding hydrogens is 598 g/mol. The fourth-order valence-electron chi connectivity index (χ4n) is 6.10. The summed E-state index contributed by atoms with van der Waals surface area (Å²) in [6.45, 7) is -0.166. The molecule has 0 unspecified atom stereocenters. The van der Waals surface area contributed by atoms with Crippen LogP contribution in [0.4, 0.5) is 13.6 Å². The number of hydrogen-bond donors (Lipinski definition) is 1. The Kier molecular flexibility index (Phi) is 9.96. The van der Waals surface area contributed by atoms with Gasteiger partial charge in [-0.25, -0.2) is 28.3 Å². The highest BCUT2D eigenvalue weighted by Crippen LogP contribution is 2.45. The highest BCUT2D eigenvalue weighted by molar-refractivity contribution is 5.81. The number of hydrogen-bond acceptors (Lipinski definition) is 7. The van der Waals surface area contributed by atoms with Gasteiger partial charge in [0, 0.05) is 0 Å². The first-order valence-electron chi connectivity index (χ1n) is 14.9. The quantitative estimate of drug-likeness (QED) is 0.217. The second-order valence-electron chi connectivity index (χ2n) is 11.4. The topological polar surface area (TPSA) is 116 Å². The minimum Gasteiger partial charge on any atom is -0.467 e. The molecule has 3 aromatic carbocycles. The zero-order valence-corrected chi connectivity index (χ0v) is 25.7. The van der Waals surface area contributed by atoms with Crippen molar-refractivity contribution >= 4 is 12.1 Å². The average molecular weight is 635 g/mol. The van der Waals surface area contributed by atoms with Crippen molar-refractivity contribution in [3.8, 4) is 0 Å². The molecule has 0 saturated carbocycles. The number of rotatable bonds is 11. The third-order valence-electron chi connectivity index (χ3n) is 8.63. The highest BCUT2D eigenvalue weighted by Gasteiger charge is 2.57. The van der Waals surface area contributed by atoms with E-state index in [9.17, 15) is 23.2 Å². The maximum atomic E-state index is 14.2. The maximum Gasteiger partial charge on any atom is 0.411 e. The van der Waals surface area contributed by atoms with Gasteiger partial charge in [0.1, 0.15) is 26.3 Å². The molecule has 1 aliphatic rings. The van der Waals surface area contributed by atoms with E-state index >= 15 is 0 Å². The number of methoxy groups -OCH3 is 1. The van der Waals surface area contributed by atoms with E-state index < -0.39 is 48.3 Å². The first kappa shape index (κ1) is 32.6. The van der Waals surface area contributed by atoms with Crippen molar-refractivity contribution in [1.82, 2.24) is 19.7 Å². The molecule has 1 N–H and O–H groups in total. The number of piperidine rings is 1. The summed E-state index contributed by atoms with van der Waals surface area (Å²) in [5.41, 5.74) is -0.755. The summed E-state index contributed by atoms with van der Waals surface area (Å²) in [5, 5.41) is 6.15. The molecule has 4 aromatic rings. The van der Waals surface area contributed by atoms with Gasteiger partial charge in [-0.05, 0) is 47.6 Å². The summed E-state index contributed by atoms with van der Waals surface area (Å²) < 4.78 is 45.8. The van der Waals surface area contributed by atoms with Crippen LogP contribution in [0.3, 0.4) is 0 Å². The Morgan fingerprint density at radius 2 is 1.61 bits per heavy atom. The van der Waals surface area contributed by atoms with Crippen molar-refractivity contribution in [2.75, 3.05) is 20.3 Å². The third-order valence-corrected chi connectivity index (χ3v) is 8.63. The van der Waals surface area contributed by atoms with Gasteiger partial charge < -0.3 is 14.2 Å². The molecule has 1 aromatic heterocycles. The van der Waals surface area contributed by atoms with E-state index in [0.717, 1.165) is 10.1 Å². The smallest absolute Gasteiger partial charge is 0.411 e. The van der Waals surface area contributed by atoms with E-state index in [4.69, 9.17) is 14.2 Å². The largest absolute Gasteiger partial charge is 0.467 e. The van der Waals surface area contributed by atoms with Crippen molar-refractivity contribution in [3.63, 3.8) is 0 Å². The lowest BCUT2D eigenvalue weighted by molar-refractivity contribution is -0.160. The number of aromatic nitrogens is 3. The Morgan fingerprint density at radius 1 is 0.957 bits per heavy atom. The van der Waals surface area contributed by atoms with E-state index in [1.165, 1.54) is 24.4 Å². The van der Waals surface area contributed by atoms with Gasteiger partial charge in [-0.2, -0.15) is 5.10 Å². The molecule has 46 heavy (non-hydrogen) atoms. The maximum absolute atomic E-state index is 14.2. The number of esters is 1.